The lowest BCUT2D eigenvalue weighted by Crippen LogP contribution is -2.42. The van der Waals surface area contributed by atoms with Gasteiger partial charge in [-0.25, -0.2) is 9.97 Å². The minimum atomic E-state index is 0.0162. The van der Waals surface area contributed by atoms with Gasteiger partial charge in [0.2, 0.25) is 0 Å². The molecule has 2 aromatic rings. The van der Waals surface area contributed by atoms with Crippen molar-refractivity contribution in [2.45, 2.75) is 46.4 Å². The van der Waals surface area contributed by atoms with Crippen molar-refractivity contribution in [2.75, 3.05) is 7.11 Å². The molecule has 128 valence electrons. The fourth-order valence-electron chi connectivity index (χ4n) is 2.87. The fourth-order valence-corrected chi connectivity index (χ4v) is 2.87. The molecule has 5 heteroatoms. The van der Waals surface area contributed by atoms with Crippen LogP contribution in [0.4, 0.5) is 0 Å². The van der Waals surface area contributed by atoms with E-state index in [-0.39, 0.29) is 18.0 Å². The van der Waals surface area contributed by atoms with Crippen LogP contribution < -0.4 is 0 Å². The number of hydrogen-bond acceptors (Lipinski definition) is 4. The number of hydrogen-bond donors (Lipinski definition) is 0. The molecular weight excluding hydrogens is 302 g/mol. The van der Waals surface area contributed by atoms with Crippen molar-refractivity contribution in [3.8, 4) is 11.3 Å². The van der Waals surface area contributed by atoms with E-state index in [0.29, 0.717) is 12.2 Å². The van der Waals surface area contributed by atoms with E-state index in [9.17, 15) is 4.79 Å². The van der Waals surface area contributed by atoms with Crippen LogP contribution in [0.5, 0.6) is 0 Å². The summed E-state index contributed by atoms with van der Waals surface area (Å²) < 4.78 is 5.13. The number of aromatic nitrogens is 2. The summed E-state index contributed by atoms with van der Waals surface area (Å²) in [6.07, 6.45) is 1.51. The highest BCUT2D eigenvalue weighted by atomic mass is 16.5. The standard InChI is InChI=1S/C19H25N3O2/c1-13(2)22(14(3)4)19(23)17-9-7-6-8-16(17)18-10-15(11-24-5)20-12-21-18/h6-10,12-14H,11H2,1-5H3. The van der Waals surface area contributed by atoms with Crippen molar-refractivity contribution < 1.29 is 9.53 Å². The second-order valence-corrected chi connectivity index (χ2v) is 6.27. The molecule has 1 aromatic carbocycles. The van der Waals surface area contributed by atoms with Crippen molar-refractivity contribution in [3.63, 3.8) is 0 Å². The molecule has 5 nitrogen and oxygen atoms in total. The minimum absolute atomic E-state index is 0.0162. The van der Waals surface area contributed by atoms with Crippen LogP contribution in [0.25, 0.3) is 11.3 Å². The summed E-state index contributed by atoms with van der Waals surface area (Å²) in [5.74, 6) is 0.0162. The Morgan fingerprint density at radius 3 is 2.42 bits per heavy atom. The lowest BCUT2D eigenvalue weighted by atomic mass is 10.0. The number of amides is 1. The Morgan fingerprint density at radius 2 is 1.79 bits per heavy atom. The third-order valence-electron chi connectivity index (χ3n) is 3.80. The first-order valence-corrected chi connectivity index (χ1v) is 8.17. The van der Waals surface area contributed by atoms with Gasteiger partial charge in [-0.05, 0) is 39.8 Å². The molecule has 24 heavy (non-hydrogen) atoms. The van der Waals surface area contributed by atoms with Crippen LogP contribution in [0, 0.1) is 0 Å². The molecule has 1 heterocycles. The summed E-state index contributed by atoms with van der Waals surface area (Å²) >= 11 is 0. The molecule has 1 aromatic heterocycles. The average Bonchev–Trinajstić information content (AvgIpc) is 2.54. The number of ether oxygens (including phenoxy) is 1. The van der Waals surface area contributed by atoms with Crippen molar-refractivity contribution >= 4 is 5.91 Å². The number of benzene rings is 1. The molecule has 0 spiro atoms. The van der Waals surface area contributed by atoms with Crippen LogP contribution in [0.1, 0.15) is 43.7 Å². The van der Waals surface area contributed by atoms with Crippen molar-refractivity contribution in [2.24, 2.45) is 0 Å². The first-order chi connectivity index (χ1) is 11.5. The van der Waals surface area contributed by atoms with Crippen LogP contribution in [0.15, 0.2) is 36.7 Å². The molecular formula is C19H25N3O2. The molecule has 1 amide bonds. The smallest absolute Gasteiger partial charge is 0.255 e. The molecule has 0 aliphatic heterocycles. The van der Waals surface area contributed by atoms with Gasteiger partial charge in [-0.1, -0.05) is 18.2 Å². The third-order valence-corrected chi connectivity index (χ3v) is 3.80. The lowest BCUT2D eigenvalue weighted by Gasteiger charge is -2.31. The summed E-state index contributed by atoms with van der Waals surface area (Å²) in [7, 11) is 1.63. The molecule has 0 unspecified atom stereocenters. The molecule has 0 aliphatic rings. The topological polar surface area (TPSA) is 55.3 Å². The Balaban J connectivity index is 2.47. The van der Waals surface area contributed by atoms with Gasteiger partial charge in [-0.15, -0.1) is 0 Å². The predicted octanol–water partition coefficient (Wildman–Crippen LogP) is 3.55. The fraction of sp³-hybridized carbons (Fsp3) is 0.421. The summed E-state index contributed by atoms with van der Waals surface area (Å²) in [6.45, 7) is 8.53. The van der Waals surface area contributed by atoms with E-state index in [1.54, 1.807) is 7.11 Å². The van der Waals surface area contributed by atoms with Crippen molar-refractivity contribution in [3.05, 3.63) is 47.9 Å². The van der Waals surface area contributed by atoms with Gasteiger partial charge in [-0.2, -0.15) is 0 Å². The maximum atomic E-state index is 13.1. The van der Waals surface area contributed by atoms with Crippen molar-refractivity contribution in [1.82, 2.24) is 14.9 Å². The number of carbonyl (C=O) groups excluding carboxylic acids is 1. The van der Waals surface area contributed by atoms with Crippen LogP contribution in [0.3, 0.4) is 0 Å². The van der Waals surface area contributed by atoms with E-state index in [2.05, 4.69) is 9.97 Å². The van der Waals surface area contributed by atoms with Gasteiger partial charge < -0.3 is 9.64 Å². The van der Waals surface area contributed by atoms with Gasteiger partial charge in [0.15, 0.2) is 0 Å². The zero-order valence-corrected chi connectivity index (χ0v) is 15.0. The summed E-state index contributed by atoms with van der Waals surface area (Å²) in [4.78, 5) is 23.5. The van der Waals surface area contributed by atoms with Crippen LogP contribution in [0.2, 0.25) is 0 Å². The highest BCUT2D eigenvalue weighted by Crippen LogP contribution is 2.25. The van der Waals surface area contributed by atoms with Gasteiger partial charge >= 0.3 is 0 Å². The van der Waals surface area contributed by atoms with E-state index >= 15 is 0 Å². The Labute approximate surface area is 143 Å². The molecule has 0 saturated carbocycles. The van der Waals surface area contributed by atoms with Gasteiger partial charge in [0.05, 0.1) is 18.0 Å². The number of carbonyl (C=O) groups is 1. The van der Waals surface area contributed by atoms with Gasteiger partial charge in [0.25, 0.3) is 5.91 Å². The second kappa shape index (κ2) is 8.02. The SMILES string of the molecule is COCc1cc(-c2ccccc2C(=O)N(C(C)C)C(C)C)ncn1. The van der Waals surface area contributed by atoms with Gasteiger partial charge in [0.1, 0.15) is 6.33 Å². The first kappa shape index (κ1) is 18.1. The van der Waals surface area contributed by atoms with Crippen molar-refractivity contribution in [1.29, 1.82) is 0 Å². The summed E-state index contributed by atoms with van der Waals surface area (Å²) in [6, 6.07) is 9.69. The highest BCUT2D eigenvalue weighted by molar-refractivity contribution is 6.00. The molecule has 0 radical (unpaired) electrons. The Kier molecular flexibility index (Phi) is 6.04. The quantitative estimate of drug-likeness (QED) is 0.814. The number of nitrogens with zero attached hydrogens (tertiary/aromatic N) is 3. The van der Waals surface area contributed by atoms with Crippen LogP contribution in [-0.4, -0.2) is 40.0 Å². The van der Waals surface area contributed by atoms with Crippen LogP contribution in [-0.2, 0) is 11.3 Å². The van der Waals surface area contributed by atoms with E-state index in [0.717, 1.165) is 17.0 Å². The Hall–Kier alpha value is -2.27. The average molecular weight is 327 g/mol. The summed E-state index contributed by atoms with van der Waals surface area (Å²) in [5.41, 5.74) is 2.98. The molecule has 0 N–H and O–H groups in total. The number of methoxy groups -OCH3 is 1. The van der Waals surface area contributed by atoms with E-state index < -0.39 is 0 Å². The summed E-state index contributed by atoms with van der Waals surface area (Å²) in [5, 5.41) is 0. The normalized spacial score (nSPS) is 11.1. The van der Waals surface area contributed by atoms with Gasteiger partial charge in [0, 0.05) is 30.3 Å². The minimum Gasteiger partial charge on any atom is -0.378 e. The maximum Gasteiger partial charge on any atom is 0.255 e. The first-order valence-electron chi connectivity index (χ1n) is 8.17. The zero-order valence-electron chi connectivity index (χ0n) is 15.0. The predicted molar refractivity (Wildman–Crippen MR) is 94.6 cm³/mol. The molecule has 2 rings (SSSR count). The Morgan fingerprint density at radius 1 is 1.12 bits per heavy atom. The largest absolute Gasteiger partial charge is 0.378 e. The third kappa shape index (κ3) is 3.97. The maximum absolute atomic E-state index is 13.1. The lowest BCUT2D eigenvalue weighted by molar-refractivity contribution is 0.0644. The molecule has 0 aliphatic carbocycles. The molecule has 0 bridgehead atoms. The monoisotopic (exact) mass is 327 g/mol. The van der Waals surface area contributed by atoms with E-state index in [1.165, 1.54) is 6.33 Å². The van der Waals surface area contributed by atoms with E-state index in [1.807, 2.05) is 62.9 Å². The Bertz CT molecular complexity index is 691. The van der Waals surface area contributed by atoms with Gasteiger partial charge in [-0.3, -0.25) is 4.79 Å². The second-order valence-electron chi connectivity index (χ2n) is 6.27. The molecule has 0 saturated heterocycles. The number of rotatable bonds is 6. The molecule has 0 atom stereocenters. The van der Waals surface area contributed by atoms with Crippen LogP contribution >= 0.6 is 0 Å². The highest BCUT2D eigenvalue weighted by Gasteiger charge is 2.24. The molecule has 0 fully saturated rings. The van der Waals surface area contributed by atoms with E-state index in [4.69, 9.17) is 4.74 Å². The zero-order chi connectivity index (χ0) is 17.7.